The summed E-state index contributed by atoms with van der Waals surface area (Å²) in [6.45, 7) is 0. The largest absolute Gasteiger partial charge is 0.455 e. The molecule has 0 radical (unpaired) electrons. The van der Waals surface area contributed by atoms with Crippen LogP contribution in [0.4, 0.5) is 17.1 Å². The van der Waals surface area contributed by atoms with Crippen LogP contribution < -0.4 is 4.90 Å². The zero-order chi connectivity index (χ0) is 45.5. The normalized spacial score (nSPS) is 12.8. The third-order valence-corrected chi connectivity index (χ3v) is 14.7. The highest BCUT2D eigenvalue weighted by Crippen LogP contribution is 2.60. The number of nitrogens with zero attached hydrogens (tertiary/aromatic N) is 1. The summed E-state index contributed by atoms with van der Waals surface area (Å²) >= 11 is 0. The molecule has 0 spiro atoms. The number of hydrogen-bond acceptors (Lipinski definition) is 2. The lowest BCUT2D eigenvalue weighted by Gasteiger charge is -2.34. The molecule has 12 aromatic carbocycles. The van der Waals surface area contributed by atoms with Gasteiger partial charge in [-0.1, -0.05) is 218 Å². The Hall–Kier alpha value is -8.98. The molecule has 14 rings (SSSR count). The summed E-state index contributed by atoms with van der Waals surface area (Å²) < 4.78 is 6.80. The Morgan fingerprint density at radius 3 is 1.70 bits per heavy atom. The summed E-state index contributed by atoms with van der Waals surface area (Å²) in [5.41, 5.74) is 16.6. The van der Waals surface area contributed by atoms with E-state index in [1.54, 1.807) is 0 Å². The minimum Gasteiger partial charge on any atom is -0.455 e. The van der Waals surface area contributed by atoms with E-state index >= 15 is 0 Å². The Morgan fingerprint density at radius 1 is 0.333 bits per heavy atom. The molecule has 0 unspecified atom stereocenters. The van der Waals surface area contributed by atoms with Crippen LogP contribution in [-0.4, -0.2) is 0 Å². The van der Waals surface area contributed by atoms with Crippen molar-refractivity contribution in [2.24, 2.45) is 0 Å². The maximum atomic E-state index is 6.80. The van der Waals surface area contributed by atoms with Gasteiger partial charge in [-0.25, -0.2) is 0 Å². The number of furan rings is 1. The molecule has 322 valence electrons. The Morgan fingerprint density at radius 2 is 0.913 bits per heavy atom. The Kier molecular flexibility index (Phi) is 8.84. The molecule has 0 amide bonds. The number of fused-ring (bicyclic) bond motifs is 11. The van der Waals surface area contributed by atoms with Gasteiger partial charge in [0.2, 0.25) is 0 Å². The van der Waals surface area contributed by atoms with E-state index in [9.17, 15) is 0 Å². The van der Waals surface area contributed by atoms with Gasteiger partial charge in [-0.3, -0.25) is 0 Å². The van der Waals surface area contributed by atoms with Crippen molar-refractivity contribution in [1.82, 2.24) is 0 Å². The topological polar surface area (TPSA) is 16.4 Å². The molecular weight excluding hydrogens is 835 g/mol. The van der Waals surface area contributed by atoms with Crippen LogP contribution in [0.5, 0.6) is 0 Å². The third-order valence-electron chi connectivity index (χ3n) is 14.7. The molecule has 2 nitrogen and oxygen atoms in total. The molecule has 2 heteroatoms. The lowest BCUT2D eigenvalue weighted by atomic mass is 9.68. The first-order valence-electron chi connectivity index (χ1n) is 23.8. The number of hydrogen-bond donors (Lipinski definition) is 0. The minimum atomic E-state index is -0.555. The van der Waals surface area contributed by atoms with Gasteiger partial charge >= 0.3 is 0 Å². The molecule has 0 saturated heterocycles. The molecular formula is C67H43NO. The van der Waals surface area contributed by atoms with E-state index in [2.05, 4.69) is 266 Å². The van der Waals surface area contributed by atoms with Gasteiger partial charge in [-0.05, 0) is 114 Å². The molecule has 0 aliphatic heterocycles. The van der Waals surface area contributed by atoms with Crippen molar-refractivity contribution in [3.05, 3.63) is 283 Å². The molecule has 13 aromatic rings. The van der Waals surface area contributed by atoms with Gasteiger partial charge in [0.15, 0.2) is 0 Å². The van der Waals surface area contributed by atoms with Crippen LogP contribution in [0.15, 0.2) is 265 Å². The highest BCUT2D eigenvalue weighted by atomic mass is 16.3. The molecule has 0 fully saturated rings. The first-order valence-corrected chi connectivity index (χ1v) is 23.8. The van der Waals surface area contributed by atoms with E-state index < -0.39 is 5.41 Å². The first-order chi connectivity index (χ1) is 34.3. The zero-order valence-electron chi connectivity index (χ0n) is 37.7. The average Bonchev–Trinajstić information content (AvgIpc) is 3.97. The van der Waals surface area contributed by atoms with E-state index in [1.807, 2.05) is 0 Å². The SMILES string of the molecule is c1ccc(C2(c3ccccc3)c3ccccc3-c3c(N(c4ccc(-c5cc6ccccc6c6ccccc56)cc4)c4ccccc4-c4cccc5oc6c7ccccc7ccc6c45)cccc32)cc1. The van der Waals surface area contributed by atoms with Crippen LogP contribution in [0.1, 0.15) is 22.3 Å². The number of rotatable bonds is 7. The maximum Gasteiger partial charge on any atom is 0.143 e. The van der Waals surface area contributed by atoms with Crippen LogP contribution in [0.25, 0.3) is 87.6 Å². The quantitative estimate of drug-likeness (QED) is 0.148. The fourth-order valence-electron chi connectivity index (χ4n) is 11.8. The number of anilines is 3. The van der Waals surface area contributed by atoms with Crippen molar-refractivity contribution >= 4 is 71.3 Å². The molecule has 1 aliphatic carbocycles. The summed E-state index contributed by atoms with van der Waals surface area (Å²) in [6.07, 6.45) is 0. The Bertz CT molecular complexity index is 4090. The monoisotopic (exact) mass is 877 g/mol. The molecule has 1 aliphatic rings. The summed E-state index contributed by atoms with van der Waals surface area (Å²) in [7, 11) is 0. The standard InChI is InChI=1S/C67H43NO/c1-3-21-47(22-4-1)67(48-23-5-2-6-24-48)59-32-15-13-30-56(59)65-60(67)33-18-35-62(65)68(49-40-37-45(38-41-49)58-43-46-20-8-9-25-50(46)52-27-11-12-28-53(52)58)61-34-16-14-29-54(61)55-31-17-36-63-64(55)57-42-39-44-19-7-10-26-51(44)66(57)69-63/h1-43H. The lowest BCUT2D eigenvalue weighted by molar-refractivity contribution is 0.673. The summed E-state index contributed by atoms with van der Waals surface area (Å²) in [4.78, 5) is 2.51. The average molecular weight is 878 g/mol. The van der Waals surface area contributed by atoms with E-state index in [1.165, 1.54) is 66.1 Å². The molecule has 0 N–H and O–H groups in total. The van der Waals surface area contributed by atoms with Gasteiger partial charge in [-0.15, -0.1) is 0 Å². The Balaban J connectivity index is 1.04. The number of benzene rings is 12. The van der Waals surface area contributed by atoms with Crippen LogP contribution in [-0.2, 0) is 5.41 Å². The summed E-state index contributed by atoms with van der Waals surface area (Å²) in [6, 6.07) is 95.7. The highest BCUT2D eigenvalue weighted by molar-refractivity contribution is 6.20. The smallest absolute Gasteiger partial charge is 0.143 e. The van der Waals surface area contributed by atoms with E-state index in [-0.39, 0.29) is 0 Å². The lowest BCUT2D eigenvalue weighted by Crippen LogP contribution is -2.28. The molecule has 69 heavy (non-hydrogen) atoms. The van der Waals surface area contributed by atoms with Gasteiger partial charge < -0.3 is 9.32 Å². The maximum absolute atomic E-state index is 6.80. The number of para-hydroxylation sites is 1. The predicted octanol–water partition coefficient (Wildman–Crippen LogP) is 18.2. The minimum absolute atomic E-state index is 0.555. The molecule has 0 atom stereocenters. The van der Waals surface area contributed by atoms with Crippen molar-refractivity contribution in [2.45, 2.75) is 5.41 Å². The van der Waals surface area contributed by atoms with Crippen molar-refractivity contribution in [3.63, 3.8) is 0 Å². The second-order valence-electron chi connectivity index (χ2n) is 18.3. The van der Waals surface area contributed by atoms with Crippen molar-refractivity contribution < 1.29 is 4.42 Å². The van der Waals surface area contributed by atoms with Crippen molar-refractivity contribution in [3.8, 4) is 33.4 Å². The first kappa shape index (κ1) is 39.2. The van der Waals surface area contributed by atoms with Gasteiger partial charge in [0.25, 0.3) is 0 Å². The highest BCUT2D eigenvalue weighted by Gasteiger charge is 2.47. The van der Waals surface area contributed by atoms with Crippen LogP contribution in [0.2, 0.25) is 0 Å². The van der Waals surface area contributed by atoms with Crippen LogP contribution >= 0.6 is 0 Å². The predicted molar refractivity (Wildman–Crippen MR) is 289 cm³/mol. The summed E-state index contributed by atoms with van der Waals surface area (Å²) in [5, 5.41) is 9.51. The van der Waals surface area contributed by atoms with E-state index in [0.717, 1.165) is 60.9 Å². The van der Waals surface area contributed by atoms with Gasteiger partial charge in [0.1, 0.15) is 11.2 Å². The second-order valence-corrected chi connectivity index (χ2v) is 18.3. The molecule has 1 heterocycles. The summed E-state index contributed by atoms with van der Waals surface area (Å²) in [5.74, 6) is 0. The fourth-order valence-corrected chi connectivity index (χ4v) is 11.8. The third kappa shape index (κ3) is 5.86. The van der Waals surface area contributed by atoms with Crippen molar-refractivity contribution in [1.29, 1.82) is 0 Å². The van der Waals surface area contributed by atoms with Gasteiger partial charge in [0.05, 0.1) is 16.8 Å². The van der Waals surface area contributed by atoms with E-state index in [0.29, 0.717) is 0 Å². The second kappa shape index (κ2) is 15.6. The van der Waals surface area contributed by atoms with Crippen LogP contribution in [0.3, 0.4) is 0 Å². The van der Waals surface area contributed by atoms with Gasteiger partial charge in [-0.2, -0.15) is 0 Å². The Labute approximate surface area is 400 Å². The zero-order valence-corrected chi connectivity index (χ0v) is 37.7. The fraction of sp³-hybridized carbons (Fsp3) is 0.0149. The van der Waals surface area contributed by atoms with Crippen LogP contribution in [0, 0.1) is 0 Å². The van der Waals surface area contributed by atoms with E-state index in [4.69, 9.17) is 4.42 Å². The molecule has 1 aromatic heterocycles. The molecule has 0 saturated carbocycles. The van der Waals surface area contributed by atoms with Gasteiger partial charge in [0, 0.05) is 33.0 Å². The molecule has 0 bridgehead atoms. The van der Waals surface area contributed by atoms with Crippen molar-refractivity contribution in [2.75, 3.05) is 4.90 Å².